The fraction of sp³-hybridized carbons (Fsp3) is 0.235. The first-order chi connectivity index (χ1) is 11.6. The number of pyridine rings is 1. The van der Waals surface area contributed by atoms with Gasteiger partial charge in [0.05, 0.1) is 25.9 Å². The van der Waals surface area contributed by atoms with Crippen molar-refractivity contribution >= 4 is 50.7 Å². The molecule has 4 nitrogen and oxygen atoms in total. The summed E-state index contributed by atoms with van der Waals surface area (Å²) in [6.45, 7) is 0.0271. The minimum Gasteiger partial charge on any atom is -0.459 e. The normalized spacial score (nSPS) is 10.9. The van der Waals surface area contributed by atoms with Gasteiger partial charge in [-0.1, -0.05) is 35.3 Å². The average molecular weight is 381 g/mol. The zero-order valence-corrected chi connectivity index (χ0v) is 15.0. The molecule has 24 heavy (non-hydrogen) atoms. The topological polar surface area (TPSA) is 52.1 Å². The second-order valence-electron chi connectivity index (χ2n) is 5.15. The van der Waals surface area contributed by atoms with Crippen LogP contribution in [0.4, 0.5) is 0 Å². The molecule has 0 radical (unpaired) electrons. The number of carbonyl (C=O) groups is 1. The number of nitrogens with zero attached hydrogens (tertiary/aromatic N) is 2. The lowest BCUT2D eigenvalue weighted by molar-refractivity contribution is -0.145. The number of fused-ring (bicyclic) bond motifs is 1. The Bertz CT molecular complexity index is 834. The van der Waals surface area contributed by atoms with Crippen molar-refractivity contribution in [1.82, 2.24) is 9.97 Å². The van der Waals surface area contributed by atoms with E-state index in [1.54, 1.807) is 23.5 Å². The van der Waals surface area contributed by atoms with E-state index in [1.807, 2.05) is 24.3 Å². The molecule has 0 aliphatic rings. The van der Waals surface area contributed by atoms with Crippen molar-refractivity contribution in [3.63, 3.8) is 0 Å². The SMILES string of the molecule is O=C(CCCc1nc2ccccc2s1)OCc1nc(Cl)ccc1Cl. The van der Waals surface area contributed by atoms with Crippen LogP contribution in [0, 0.1) is 0 Å². The number of halogens is 2. The molecule has 2 heterocycles. The highest BCUT2D eigenvalue weighted by molar-refractivity contribution is 7.18. The smallest absolute Gasteiger partial charge is 0.306 e. The molecule has 124 valence electrons. The number of aromatic nitrogens is 2. The van der Waals surface area contributed by atoms with Gasteiger partial charge in [0.2, 0.25) is 0 Å². The molecule has 0 bridgehead atoms. The van der Waals surface area contributed by atoms with Gasteiger partial charge in [0.25, 0.3) is 0 Å². The van der Waals surface area contributed by atoms with Crippen molar-refractivity contribution in [2.75, 3.05) is 0 Å². The first-order valence-electron chi connectivity index (χ1n) is 7.43. The molecule has 0 spiro atoms. The molecule has 0 aliphatic heterocycles. The van der Waals surface area contributed by atoms with E-state index in [9.17, 15) is 4.79 Å². The molecule has 2 aromatic heterocycles. The number of rotatable bonds is 6. The summed E-state index contributed by atoms with van der Waals surface area (Å²) in [6.07, 6.45) is 1.77. The van der Waals surface area contributed by atoms with Gasteiger partial charge in [0.1, 0.15) is 11.8 Å². The fourth-order valence-electron chi connectivity index (χ4n) is 2.19. The molecule has 0 amide bonds. The number of para-hydroxylation sites is 1. The number of thiazole rings is 1. The second kappa shape index (κ2) is 7.92. The van der Waals surface area contributed by atoms with E-state index in [0.29, 0.717) is 28.7 Å². The van der Waals surface area contributed by atoms with Gasteiger partial charge in [0.15, 0.2) is 0 Å². The van der Waals surface area contributed by atoms with Crippen molar-refractivity contribution in [2.45, 2.75) is 25.9 Å². The summed E-state index contributed by atoms with van der Waals surface area (Å²) >= 11 is 13.4. The first kappa shape index (κ1) is 17.1. The highest BCUT2D eigenvalue weighted by Gasteiger charge is 2.09. The van der Waals surface area contributed by atoms with Crippen LogP contribution in [0.2, 0.25) is 10.2 Å². The van der Waals surface area contributed by atoms with Crippen LogP contribution in [-0.4, -0.2) is 15.9 Å². The lowest BCUT2D eigenvalue weighted by Gasteiger charge is -2.06. The van der Waals surface area contributed by atoms with E-state index >= 15 is 0 Å². The van der Waals surface area contributed by atoms with Gasteiger partial charge in [-0.3, -0.25) is 4.79 Å². The third-order valence-electron chi connectivity index (χ3n) is 3.36. The Kier molecular flexibility index (Phi) is 5.66. The molecule has 0 aliphatic carbocycles. The van der Waals surface area contributed by atoms with Crippen LogP contribution in [0.25, 0.3) is 10.2 Å². The first-order valence-corrected chi connectivity index (χ1v) is 9.00. The van der Waals surface area contributed by atoms with Gasteiger partial charge >= 0.3 is 5.97 Å². The number of esters is 1. The molecule has 0 unspecified atom stereocenters. The zero-order chi connectivity index (χ0) is 16.9. The maximum Gasteiger partial charge on any atom is 0.306 e. The third-order valence-corrected chi connectivity index (χ3v) is 5.02. The number of aryl methyl sites for hydroxylation is 1. The van der Waals surface area contributed by atoms with Crippen LogP contribution >= 0.6 is 34.5 Å². The fourth-order valence-corrected chi connectivity index (χ4v) is 3.52. The van der Waals surface area contributed by atoms with Gasteiger partial charge in [-0.15, -0.1) is 11.3 Å². The third kappa shape index (κ3) is 4.44. The van der Waals surface area contributed by atoms with E-state index in [-0.39, 0.29) is 12.6 Å². The Labute approximate surface area is 153 Å². The van der Waals surface area contributed by atoms with Crippen molar-refractivity contribution < 1.29 is 9.53 Å². The van der Waals surface area contributed by atoms with Crippen LogP contribution in [0.5, 0.6) is 0 Å². The maximum atomic E-state index is 11.8. The summed E-state index contributed by atoms with van der Waals surface area (Å²) in [5.74, 6) is -0.283. The molecular formula is C17H14Cl2N2O2S. The quantitative estimate of drug-likeness (QED) is 0.442. The summed E-state index contributed by atoms with van der Waals surface area (Å²) < 4.78 is 6.36. The highest BCUT2D eigenvalue weighted by Crippen LogP contribution is 2.23. The molecule has 0 atom stereocenters. The lowest BCUT2D eigenvalue weighted by Crippen LogP contribution is -2.06. The standard InChI is InChI=1S/C17H14Cl2N2O2S/c18-11-8-9-15(19)20-13(11)10-23-17(22)7-3-6-16-21-12-4-1-2-5-14(12)24-16/h1-2,4-5,8-9H,3,6-7,10H2. The summed E-state index contributed by atoms with van der Waals surface area (Å²) in [7, 11) is 0. The van der Waals surface area contributed by atoms with E-state index in [1.165, 1.54) is 0 Å². The van der Waals surface area contributed by atoms with Crippen molar-refractivity contribution in [3.8, 4) is 0 Å². The van der Waals surface area contributed by atoms with E-state index in [4.69, 9.17) is 27.9 Å². The van der Waals surface area contributed by atoms with Crippen molar-refractivity contribution in [3.05, 3.63) is 57.3 Å². The van der Waals surface area contributed by atoms with E-state index in [0.717, 1.165) is 21.6 Å². The van der Waals surface area contributed by atoms with Crippen molar-refractivity contribution in [1.29, 1.82) is 0 Å². The second-order valence-corrected chi connectivity index (χ2v) is 7.06. The minimum absolute atomic E-state index is 0.0271. The minimum atomic E-state index is -0.283. The Morgan fingerprint density at radius 1 is 1.12 bits per heavy atom. The molecule has 3 rings (SSSR count). The predicted molar refractivity (Wildman–Crippen MR) is 96.6 cm³/mol. The number of hydrogen-bond acceptors (Lipinski definition) is 5. The van der Waals surface area contributed by atoms with Gasteiger partial charge in [-0.05, 0) is 37.1 Å². The Balaban J connectivity index is 1.46. The summed E-state index contributed by atoms with van der Waals surface area (Å²) in [5, 5.41) is 1.78. The lowest BCUT2D eigenvalue weighted by atomic mass is 10.2. The summed E-state index contributed by atoms with van der Waals surface area (Å²) in [4.78, 5) is 20.4. The largest absolute Gasteiger partial charge is 0.459 e. The average Bonchev–Trinajstić information content (AvgIpc) is 2.98. The van der Waals surface area contributed by atoms with Gasteiger partial charge in [-0.2, -0.15) is 0 Å². The monoisotopic (exact) mass is 380 g/mol. The summed E-state index contributed by atoms with van der Waals surface area (Å²) in [6, 6.07) is 11.2. The summed E-state index contributed by atoms with van der Waals surface area (Å²) in [5.41, 5.74) is 1.46. The van der Waals surface area contributed by atoms with E-state index in [2.05, 4.69) is 9.97 Å². The molecule has 7 heteroatoms. The van der Waals surface area contributed by atoms with Gasteiger partial charge in [-0.25, -0.2) is 9.97 Å². The predicted octanol–water partition coefficient (Wildman–Crippen LogP) is 5.06. The molecule has 0 N–H and O–H groups in total. The Morgan fingerprint density at radius 3 is 2.79 bits per heavy atom. The van der Waals surface area contributed by atoms with Crippen LogP contribution in [-0.2, 0) is 22.6 Å². The van der Waals surface area contributed by atoms with Gasteiger partial charge in [0, 0.05) is 6.42 Å². The maximum absolute atomic E-state index is 11.8. The Morgan fingerprint density at radius 2 is 1.96 bits per heavy atom. The van der Waals surface area contributed by atoms with E-state index < -0.39 is 0 Å². The van der Waals surface area contributed by atoms with Crippen LogP contribution in [0.1, 0.15) is 23.5 Å². The van der Waals surface area contributed by atoms with Crippen LogP contribution in [0.15, 0.2) is 36.4 Å². The Hall–Kier alpha value is -1.69. The molecule has 0 saturated carbocycles. The number of hydrogen-bond donors (Lipinski definition) is 0. The highest BCUT2D eigenvalue weighted by atomic mass is 35.5. The van der Waals surface area contributed by atoms with Crippen LogP contribution in [0.3, 0.4) is 0 Å². The molecular weight excluding hydrogens is 367 g/mol. The number of carbonyl (C=O) groups excluding carboxylic acids is 1. The number of benzene rings is 1. The zero-order valence-electron chi connectivity index (χ0n) is 12.7. The number of ether oxygens (including phenoxy) is 1. The molecule has 3 aromatic rings. The molecule has 1 aromatic carbocycles. The molecule has 0 fully saturated rings. The van der Waals surface area contributed by atoms with Gasteiger partial charge < -0.3 is 4.74 Å². The molecule has 0 saturated heterocycles. The van der Waals surface area contributed by atoms with Crippen LogP contribution < -0.4 is 0 Å². The van der Waals surface area contributed by atoms with Crippen molar-refractivity contribution in [2.24, 2.45) is 0 Å².